The standard InChI is InChI=1S/C30H30N4O3S/c1-30(2,3)28(35)32-21-14-13-20(18-25(21)36-4)34-27(26(33-29(34)38)22-12-8-9-17-31-22)24-16-15-23(37-24)19-10-6-5-7-11-19/h5-18,26-27H,1-4H3,(H,32,35)(H,33,38)/t26-,27-/m0/s1. The number of hydrogen-bond donors (Lipinski definition) is 2. The number of methoxy groups -OCH3 is 1. The number of aromatic nitrogens is 1. The highest BCUT2D eigenvalue weighted by molar-refractivity contribution is 7.80. The first-order valence-electron chi connectivity index (χ1n) is 12.4. The SMILES string of the molecule is COc1cc(N2C(=S)N[C@@H](c3ccccn3)[C@@H]2c2ccc(-c3ccccc3)o2)ccc1NC(=O)C(C)(C)C. The Morgan fingerprint density at radius 1 is 1.05 bits per heavy atom. The average molecular weight is 527 g/mol. The van der Waals surface area contributed by atoms with Gasteiger partial charge in [-0.25, -0.2) is 0 Å². The molecule has 0 bridgehead atoms. The van der Waals surface area contributed by atoms with E-state index in [1.54, 1.807) is 13.3 Å². The first-order chi connectivity index (χ1) is 18.3. The Morgan fingerprint density at radius 3 is 2.50 bits per heavy atom. The van der Waals surface area contributed by atoms with Gasteiger partial charge < -0.3 is 24.7 Å². The molecule has 2 aromatic heterocycles. The molecule has 1 fully saturated rings. The largest absolute Gasteiger partial charge is 0.494 e. The van der Waals surface area contributed by atoms with Crippen molar-refractivity contribution in [2.75, 3.05) is 17.3 Å². The molecule has 8 heteroatoms. The van der Waals surface area contributed by atoms with Crippen molar-refractivity contribution in [3.63, 3.8) is 0 Å². The lowest BCUT2D eigenvalue weighted by Crippen LogP contribution is -2.30. The lowest BCUT2D eigenvalue weighted by atomic mass is 9.95. The normalized spacial score (nSPS) is 17.3. The summed E-state index contributed by atoms with van der Waals surface area (Å²) in [6.45, 7) is 5.60. The second-order valence-electron chi connectivity index (χ2n) is 10.2. The van der Waals surface area contributed by atoms with Crippen LogP contribution in [0.3, 0.4) is 0 Å². The van der Waals surface area contributed by atoms with Crippen LogP contribution in [0, 0.1) is 5.41 Å². The first-order valence-corrected chi connectivity index (χ1v) is 12.8. The Kier molecular flexibility index (Phi) is 6.91. The van der Waals surface area contributed by atoms with Crippen molar-refractivity contribution >= 4 is 34.6 Å². The lowest BCUT2D eigenvalue weighted by Gasteiger charge is -2.27. The molecule has 7 nitrogen and oxygen atoms in total. The summed E-state index contributed by atoms with van der Waals surface area (Å²) in [6, 6.07) is 24.8. The van der Waals surface area contributed by atoms with Crippen LogP contribution in [-0.2, 0) is 4.79 Å². The van der Waals surface area contributed by atoms with Crippen LogP contribution in [0.5, 0.6) is 5.75 Å². The molecule has 2 atom stereocenters. The number of nitrogens with zero attached hydrogens (tertiary/aromatic N) is 2. The van der Waals surface area contributed by atoms with Crippen LogP contribution >= 0.6 is 12.2 Å². The summed E-state index contributed by atoms with van der Waals surface area (Å²) >= 11 is 5.84. The van der Waals surface area contributed by atoms with Gasteiger partial charge in [0.2, 0.25) is 5.91 Å². The van der Waals surface area contributed by atoms with Gasteiger partial charge in [0.1, 0.15) is 23.3 Å². The number of pyridine rings is 1. The summed E-state index contributed by atoms with van der Waals surface area (Å²) in [5.41, 5.74) is 2.70. The number of anilines is 2. The van der Waals surface area contributed by atoms with Gasteiger partial charge >= 0.3 is 0 Å². The highest BCUT2D eigenvalue weighted by atomic mass is 32.1. The molecule has 1 aliphatic heterocycles. The van der Waals surface area contributed by atoms with Crippen molar-refractivity contribution in [1.29, 1.82) is 0 Å². The van der Waals surface area contributed by atoms with Crippen molar-refractivity contribution in [2.24, 2.45) is 5.41 Å². The van der Waals surface area contributed by atoms with Gasteiger partial charge in [0.25, 0.3) is 0 Å². The van der Waals surface area contributed by atoms with E-state index >= 15 is 0 Å². The lowest BCUT2D eigenvalue weighted by molar-refractivity contribution is -0.123. The number of nitrogens with one attached hydrogen (secondary N) is 2. The zero-order chi connectivity index (χ0) is 26.9. The van der Waals surface area contributed by atoms with E-state index in [1.165, 1.54) is 0 Å². The van der Waals surface area contributed by atoms with Gasteiger partial charge in [0.15, 0.2) is 5.11 Å². The summed E-state index contributed by atoms with van der Waals surface area (Å²) in [7, 11) is 1.58. The van der Waals surface area contributed by atoms with Gasteiger partial charge in [-0.1, -0.05) is 57.2 Å². The number of furan rings is 1. The third kappa shape index (κ3) is 4.99. The molecule has 4 aromatic rings. The molecule has 0 unspecified atom stereocenters. The predicted octanol–water partition coefficient (Wildman–Crippen LogP) is 6.51. The maximum atomic E-state index is 12.6. The Balaban J connectivity index is 1.56. The van der Waals surface area contributed by atoms with Crippen molar-refractivity contribution in [1.82, 2.24) is 10.3 Å². The van der Waals surface area contributed by atoms with Crippen molar-refractivity contribution in [3.05, 3.63) is 96.5 Å². The summed E-state index contributed by atoms with van der Waals surface area (Å²) < 4.78 is 12.1. The molecule has 2 aromatic carbocycles. The van der Waals surface area contributed by atoms with Crippen molar-refractivity contribution in [2.45, 2.75) is 32.9 Å². The summed E-state index contributed by atoms with van der Waals surface area (Å²) in [5.74, 6) is 1.96. The third-order valence-electron chi connectivity index (χ3n) is 6.47. The van der Waals surface area contributed by atoms with Crippen LogP contribution in [-0.4, -0.2) is 23.1 Å². The minimum atomic E-state index is -0.541. The van der Waals surface area contributed by atoms with Crippen molar-refractivity contribution in [3.8, 4) is 17.1 Å². The van der Waals surface area contributed by atoms with Crippen molar-refractivity contribution < 1.29 is 13.9 Å². The molecule has 0 aliphatic carbocycles. The van der Waals surface area contributed by atoms with Crippen LogP contribution in [0.25, 0.3) is 11.3 Å². The summed E-state index contributed by atoms with van der Waals surface area (Å²) in [5, 5.41) is 6.95. The highest BCUT2D eigenvalue weighted by Gasteiger charge is 2.43. The number of thiocarbonyl (C=S) groups is 1. The van der Waals surface area contributed by atoms with E-state index in [2.05, 4.69) is 15.6 Å². The summed E-state index contributed by atoms with van der Waals surface area (Å²) in [6.07, 6.45) is 1.77. The third-order valence-corrected chi connectivity index (χ3v) is 6.78. The first kappa shape index (κ1) is 25.5. The van der Waals surface area contributed by atoms with E-state index in [1.807, 2.05) is 105 Å². The van der Waals surface area contributed by atoms with Crippen LogP contribution in [0.2, 0.25) is 0 Å². The molecule has 38 heavy (non-hydrogen) atoms. The minimum Gasteiger partial charge on any atom is -0.494 e. The molecule has 3 heterocycles. The zero-order valence-corrected chi connectivity index (χ0v) is 22.6. The molecule has 0 spiro atoms. The highest BCUT2D eigenvalue weighted by Crippen LogP contribution is 2.44. The monoisotopic (exact) mass is 526 g/mol. The fourth-order valence-corrected chi connectivity index (χ4v) is 4.78. The Bertz CT molecular complexity index is 1450. The Labute approximate surface area is 227 Å². The Morgan fingerprint density at radius 2 is 1.82 bits per heavy atom. The van der Waals surface area contributed by atoms with Crippen LogP contribution in [0.15, 0.2) is 89.5 Å². The van der Waals surface area contributed by atoms with Crippen LogP contribution in [0.1, 0.15) is 44.3 Å². The molecule has 194 valence electrons. The second kappa shape index (κ2) is 10.3. The minimum absolute atomic E-state index is 0.0981. The number of rotatable bonds is 6. The van der Waals surface area contributed by atoms with E-state index < -0.39 is 5.41 Å². The number of carbonyl (C=O) groups is 1. The molecule has 1 saturated heterocycles. The topological polar surface area (TPSA) is 79.6 Å². The predicted molar refractivity (Wildman–Crippen MR) is 153 cm³/mol. The van der Waals surface area contributed by atoms with E-state index in [-0.39, 0.29) is 18.0 Å². The molecule has 5 rings (SSSR count). The molecular weight excluding hydrogens is 496 g/mol. The molecule has 0 saturated carbocycles. The maximum absolute atomic E-state index is 12.6. The molecule has 2 N–H and O–H groups in total. The smallest absolute Gasteiger partial charge is 0.229 e. The number of amides is 1. The van der Waals surface area contributed by atoms with E-state index in [9.17, 15) is 4.79 Å². The number of carbonyl (C=O) groups excluding carboxylic acids is 1. The Hall–Kier alpha value is -4.17. The molecule has 1 aliphatic rings. The van der Waals surface area contributed by atoms with Gasteiger partial charge in [-0.05, 0) is 48.6 Å². The fourth-order valence-electron chi connectivity index (χ4n) is 4.43. The van der Waals surface area contributed by atoms with E-state index in [0.29, 0.717) is 16.5 Å². The number of benzene rings is 2. The fraction of sp³-hybridized carbons (Fsp3) is 0.233. The van der Waals surface area contributed by atoms with Gasteiger partial charge in [0.05, 0.1) is 24.5 Å². The molecule has 0 radical (unpaired) electrons. The van der Waals surface area contributed by atoms with Gasteiger partial charge in [0, 0.05) is 28.9 Å². The van der Waals surface area contributed by atoms with E-state index in [4.69, 9.17) is 21.4 Å². The zero-order valence-electron chi connectivity index (χ0n) is 21.8. The van der Waals surface area contributed by atoms with Gasteiger partial charge in [-0.2, -0.15) is 0 Å². The average Bonchev–Trinajstić information content (AvgIpc) is 3.54. The number of hydrogen-bond acceptors (Lipinski definition) is 5. The van der Waals surface area contributed by atoms with E-state index in [0.717, 1.165) is 28.5 Å². The second-order valence-corrected chi connectivity index (χ2v) is 10.5. The van der Waals surface area contributed by atoms with Gasteiger partial charge in [-0.3, -0.25) is 9.78 Å². The quantitative estimate of drug-likeness (QED) is 0.277. The summed E-state index contributed by atoms with van der Waals surface area (Å²) in [4.78, 5) is 19.2. The van der Waals surface area contributed by atoms with Crippen LogP contribution in [0.4, 0.5) is 11.4 Å². The number of ether oxygens (including phenoxy) is 1. The van der Waals surface area contributed by atoms with Crippen LogP contribution < -0.4 is 20.3 Å². The van der Waals surface area contributed by atoms with Gasteiger partial charge in [-0.15, -0.1) is 0 Å². The molecule has 1 amide bonds. The molecular formula is C30H30N4O3S. The maximum Gasteiger partial charge on any atom is 0.229 e.